The molecule has 4 fully saturated rings. The number of methoxy groups -OCH3 is 2. The van der Waals surface area contributed by atoms with Gasteiger partial charge < -0.3 is 44.1 Å². The van der Waals surface area contributed by atoms with Crippen molar-refractivity contribution in [1.29, 1.82) is 0 Å². The predicted molar refractivity (Wildman–Crippen MR) is 349 cm³/mol. The van der Waals surface area contributed by atoms with Crippen LogP contribution < -0.4 is 14.8 Å². The molecule has 4 aliphatic rings. The van der Waals surface area contributed by atoms with E-state index in [0.717, 1.165) is 99.9 Å². The molecule has 0 radical (unpaired) electrons. The molecule has 0 spiro atoms. The molecule has 2 aliphatic heterocycles. The van der Waals surface area contributed by atoms with Crippen LogP contribution >= 0.6 is 0 Å². The number of aliphatic carboxylic acids is 1. The minimum Gasteiger partial charge on any atom is -0.497 e. The van der Waals surface area contributed by atoms with Crippen molar-refractivity contribution in [2.24, 2.45) is 0 Å². The van der Waals surface area contributed by atoms with Gasteiger partial charge in [0.1, 0.15) is 22.7 Å². The van der Waals surface area contributed by atoms with E-state index < -0.39 is 28.0 Å². The second kappa shape index (κ2) is 30.3. The standard InChI is InChI=1S/C36H44N2O4.C25H34N2O2.C11H12O3.2CH4/c1-34(2,3)42-33(40)38(24-19-28-11-7-5-8-12-28)27-35(29-13-9-6-10-14-29)22-25-37(26-23-35)32(39)36(20-21-36)30-15-17-31(41-4)18-16-30;1-24(2,3)29-23(28)27(19-14-21-10-6-4-7-11-21)20-25(15-17-26-18-16-25)22-12-8-5-9-13-22;1-14-9-4-2-8(3-5-9)11(6-7-11)10(12)13;;/h5-18H,19-27H2,1-4H3;4-13,26H,14-20H2,1-3H3;2-5H,6-7H2,1H3,(H,12,13);2*1H4. The zero-order valence-electron chi connectivity index (χ0n) is 51.4. The molecule has 13 heteroatoms. The highest BCUT2D eigenvalue weighted by atomic mass is 16.6. The fourth-order valence-corrected chi connectivity index (χ4v) is 12.0. The number of hydrogen-bond donors (Lipinski definition) is 2. The van der Waals surface area contributed by atoms with Gasteiger partial charge >= 0.3 is 18.2 Å². The minimum atomic E-state index is -0.720. The SMILES string of the molecule is C.C.CC(C)(C)OC(=O)N(CCc1ccccc1)CC1(c2ccccc2)CCNCC1.COc1ccc(C2(C(=O)N3CCC(CN(CCc4ccccc4)C(=O)OC(C)(C)C)(c4ccccc4)CC3)CC2)cc1.COc1ccc(C2(C(=O)O)CC2)cc1. The van der Waals surface area contributed by atoms with Gasteiger partial charge in [-0.2, -0.15) is 0 Å². The molecule has 6 aromatic carbocycles. The number of piperidine rings is 2. The Balaban J connectivity index is 0.000000232. The first kappa shape index (κ1) is 68.5. The van der Waals surface area contributed by atoms with Crippen molar-refractivity contribution in [2.75, 3.05) is 66.6 Å². The number of carbonyl (C=O) groups is 4. The van der Waals surface area contributed by atoms with Crippen molar-refractivity contribution in [3.05, 3.63) is 203 Å². The second-order valence-corrected chi connectivity index (χ2v) is 25.5. The Bertz CT molecular complexity index is 3070. The van der Waals surface area contributed by atoms with Gasteiger partial charge in [-0.15, -0.1) is 0 Å². The fourth-order valence-electron chi connectivity index (χ4n) is 12.0. The number of benzene rings is 6. The third-order valence-corrected chi connectivity index (χ3v) is 17.3. The van der Waals surface area contributed by atoms with E-state index in [4.69, 9.17) is 24.1 Å². The molecule has 6 aromatic rings. The van der Waals surface area contributed by atoms with Gasteiger partial charge in [0, 0.05) is 50.1 Å². The lowest BCUT2D eigenvalue weighted by atomic mass is 9.72. The Labute approximate surface area is 519 Å². The fraction of sp³-hybridized carbons (Fsp3) is 0.459. The summed E-state index contributed by atoms with van der Waals surface area (Å²) >= 11 is 0. The molecular weight excluding hydrogens is 1090 g/mol. The number of carboxylic acid groups (broad SMARTS) is 1. The van der Waals surface area contributed by atoms with Crippen LogP contribution in [0.25, 0.3) is 0 Å². The lowest BCUT2D eigenvalue weighted by Gasteiger charge is -2.45. The maximum atomic E-state index is 13.9. The molecule has 0 unspecified atom stereocenters. The zero-order valence-corrected chi connectivity index (χ0v) is 51.4. The summed E-state index contributed by atoms with van der Waals surface area (Å²) in [6, 6.07) is 57.0. The van der Waals surface area contributed by atoms with Crippen LogP contribution in [0.5, 0.6) is 11.5 Å². The highest BCUT2D eigenvalue weighted by Gasteiger charge is 2.54. The van der Waals surface area contributed by atoms with Crippen LogP contribution in [-0.2, 0) is 53.6 Å². The molecule has 2 saturated heterocycles. The van der Waals surface area contributed by atoms with Gasteiger partial charge in [0.2, 0.25) is 5.91 Å². The first-order chi connectivity index (χ1) is 40.7. The third-order valence-electron chi connectivity index (χ3n) is 17.3. The monoisotopic (exact) mass is 1190 g/mol. The van der Waals surface area contributed by atoms with Gasteiger partial charge in [-0.1, -0.05) is 160 Å². The molecule has 468 valence electrons. The van der Waals surface area contributed by atoms with Crippen LogP contribution in [-0.4, -0.2) is 122 Å². The summed E-state index contributed by atoms with van der Waals surface area (Å²) in [6.45, 7) is 17.2. The Morgan fingerprint density at radius 3 is 1.15 bits per heavy atom. The molecule has 2 saturated carbocycles. The van der Waals surface area contributed by atoms with E-state index in [9.17, 15) is 19.2 Å². The lowest BCUT2D eigenvalue weighted by Crippen LogP contribution is -2.53. The average Bonchev–Trinajstić information content (AvgIpc) is 2.31. The number of likely N-dealkylation sites (tertiary alicyclic amines) is 1. The smallest absolute Gasteiger partial charge is 0.410 e. The van der Waals surface area contributed by atoms with E-state index in [0.29, 0.717) is 39.3 Å². The van der Waals surface area contributed by atoms with Crippen LogP contribution in [0.1, 0.15) is 141 Å². The molecular formula is C74H98N4O9. The maximum absolute atomic E-state index is 13.9. The van der Waals surface area contributed by atoms with Gasteiger partial charge in [0.05, 0.1) is 25.0 Å². The molecule has 2 heterocycles. The van der Waals surface area contributed by atoms with Crippen LogP contribution in [0.2, 0.25) is 0 Å². The van der Waals surface area contributed by atoms with Crippen molar-refractivity contribution < 1.29 is 43.2 Å². The Morgan fingerprint density at radius 1 is 0.471 bits per heavy atom. The minimum absolute atomic E-state index is 0. The van der Waals surface area contributed by atoms with E-state index in [1.54, 1.807) is 26.4 Å². The maximum Gasteiger partial charge on any atom is 0.410 e. The summed E-state index contributed by atoms with van der Waals surface area (Å²) in [5.41, 5.74) is 4.47. The van der Waals surface area contributed by atoms with Crippen LogP contribution in [0.4, 0.5) is 9.59 Å². The number of rotatable bonds is 18. The molecule has 0 atom stereocenters. The van der Waals surface area contributed by atoms with Gasteiger partial charge in [-0.3, -0.25) is 9.59 Å². The summed E-state index contributed by atoms with van der Waals surface area (Å²) in [6.07, 6.45) is 7.91. The first-order valence-electron chi connectivity index (χ1n) is 30.4. The van der Waals surface area contributed by atoms with Crippen LogP contribution in [0.15, 0.2) is 170 Å². The lowest BCUT2D eigenvalue weighted by molar-refractivity contribution is -0.140. The third kappa shape index (κ3) is 18.2. The Kier molecular flexibility index (Phi) is 23.9. The van der Waals surface area contributed by atoms with Crippen molar-refractivity contribution in [3.8, 4) is 11.5 Å². The van der Waals surface area contributed by atoms with E-state index in [1.807, 2.05) is 130 Å². The normalized spacial score (nSPS) is 16.6. The van der Waals surface area contributed by atoms with E-state index in [-0.39, 0.29) is 43.8 Å². The summed E-state index contributed by atoms with van der Waals surface area (Å²) < 4.78 is 22.0. The number of hydrogen-bond acceptors (Lipinski definition) is 9. The van der Waals surface area contributed by atoms with Gasteiger partial charge in [0.15, 0.2) is 0 Å². The number of ether oxygens (including phenoxy) is 4. The van der Waals surface area contributed by atoms with Crippen molar-refractivity contribution in [2.45, 2.75) is 153 Å². The second-order valence-electron chi connectivity index (χ2n) is 25.5. The highest BCUT2D eigenvalue weighted by molar-refractivity contribution is 5.91. The first-order valence-corrected chi connectivity index (χ1v) is 30.4. The topological polar surface area (TPSA) is 147 Å². The number of carboxylic acids is 1. The molecule has 0 bridgehead atoms. The van der Waals surface area contributed by atoms with Gasteiger partial charge in [-0.05, 0) is 176 Å². The Morgan fingerprint density at radius 2 is 0.816 bits per heavy atom. The summed E-state index contributed by atoms with van der Waals surface area (Å²) in [5.74, 6) is 1.06. The Hall–Kier alpha value is -7.64. The molecule has 2 N–H and O–H groups in total. The van der Waals surface area contributed by atoms with Crippen molar-refractivity contribution in [1.82, 2.24) is 20.0 Å². The van der Waals surface area contributed by atoms with Crippen molar-refractivity contribution in [3.63, 3.8) is 0 Å². The average molecular weight is 1190 g/mol. The van der Waals surface area contributed by atoms with E-state index >= 15 is 0 Å². The van der Waals surface area contributed by atoms with E-state index in [1.165, 1.54) is 22.3 Å². The molecule has 87 heavy (non-hydrogen) atoms. The highest BCUT2D eigenvalue weighted by Crippen LogP contribution is 2.51. The van der Waals surface area contributed by atoms with Crippen molar-refractivity contribution >= 4 is 24.1 Å². The van der Waals surface area contributed by atoms with E-state index in [2.05, 4.69) is 89.1 Å². The van der Waals surface area contributed by atoms with Crippen LogP contribution in [0, 0.1) is 0 Å². The number of nitrogens with zero attached hydrogens (tertiary/aromatic N) is 3. The summed E-state index contributed by atoms with van der Waals surface area (Å²) in [5, 5.41) is 12.5. The molecule has 3 amide bonds. The zero-order chi connectivity index (χ0) is 60.7. The van der Waals surface area contributed by atoms with Gasteiger partial charge in [-0.25, -0.2) is 9.59 Å². The summed E-state index contributed by atoms with van der Waals surface area (Å²) in [4.78, 5) is 57.5. The molecule has 0 aromatic heterocycles. The predicted octanol–water partition coefficient (Wildman–Crippen LogP) is 14.6. The molecule has 10 rings (SSSR count). The number of nitrogens with one attached hydrogen (secondary N) is 1. The quantitative estimate of drug-likeness (QED) is 0.0852. The number of carbonyl (C=O) groups excluding carboxylic acids is 3. The number of amides is 3. The van der Waals surface area contributed by atoms with Crippen LogP contribution in [0.3, 0.4) is 0 Å². The van der Waals surface area contributed by atoms with Gasteiger partial charge in [0.25, 0.3) is 0 Å². The molecule has 2 aliphatic carbocycles. The molecule has 13 nitrogen and oxygen atoms in total. The largest absolute Gasteiger partial charge is 0.497 e. The summed E-state index contributed by atoms with van der Waals surface area (Å²) in [7, 11) is 3.25.